The van der Waals surface area contributed by atoms with E-state index in [9.17, 15) is 4.79 Å². The van der Waals surface area contributed by atoms with Crippen LogP contribution in [0, 0.1) is 0 Å². The first-order valence-corrected chi connectivity index (χ1v) is 4.58. The van der Waals surface area contributed by atoms with E-state index in [4.69, 9.17) is 12.2 Å². The molecular weight excluding hydrogens is 172 g/mol. The highest BCUT2D eigenvalue weighted by Crippen LogP contribution is 1.81. The van der Waals surface area contributed by atoms with E-state index < -0.39 is 0 Å². The lowest BCUT2D eigenvalue weighted by Gasteiger charge is -2.07. The Labute approximate surface area is 78.9 Å². The Morgan fingerprint density at radius 1 is 1.42 bits per heavy atom. The highest BCUT2D eigenvalue weighted by atomic mass is 32.1. The van der Waals surface area contributed by atoms with E-state index in [1.54, 1.807) is 0 Å². The molecule has 0 spiro atoms. The van der Waals surface area contributed by atoms with E-state index >= 15 is 0 Å². The van der Waals surface area contributed by atoms with Crippen molar-refractivity contribution < 1.29 is 4.79 Å². The highest BCUT2D eigenvalue weighted by molar-refractivity contribution is 7.80. The van der Waals surface area contributed by atoms with Crippen molar-refractivity contribution in [1.82, 2.24) is 10.6 Å². The van der Waals surface area contributed by atoms with Gasteiger partial charge in [-0.15, -0.1) is 0 Å². The standard InChI is InChI=1S/C8H16N2OS/c1-3-4-5-9-8(12)10-6-7(2)11/h3-6H2,1-2H3,(H2,9,10,12). The molecule has 70 valence electrons. The maximum Gasteiger partial charge on any atom is 0.166 e. The molecular formula is C8H16N2OS. The lowest BCUT2D eigenvalue weighted by molar-refractivity contribution is -0.115. The van der Waals surface area contributed by atoms with Crippen molar-refractivity contribution in [2.24, 2.45) is 0 Å². The summed E-state index contributed by atoms with van der Waals surface area (Å²) in [6, 6.07) is 0. The Morgan fingerprint density at radius 2 is 2.08 bits per heavy atom. The summed E-state index contributed by atoms with van der Waals surface area (Å²) in [6.45, 7) is 4.84. The summed E-state index contributed by atoms with van der Waals surface area (Å²) in [5.74, 6) is 0.0923. The number of hydrogen-bond acceptors (Lipinski definition) is 2. The van der Waals surface area contributed by atoms with E-state index in [0.29, 0.717) is 11.7 Å². The van der Waals surface area contributed by atoms with Crippen LogP contribution >= 0.6 is 12.2 Å². The first-order chi connectivity index (χ1) is 5.66. The van der Waals surface area contributed by atoms with Gasteiger partial charge in [0.25, 0.3) is 0 Å². The van der Waals surface area contributed by atoms with E-state index in [-0.39, 0.29) is 5.78 Å². The van der Waals surface area contributed by atoms with Crippen molar-refractivity contribution >= 4 is 23.1 Å². The van der Waals surface area contributed by atoms with Crippen LogP contribution < -0.4 is 10.6 Å². The molecule has 0 atom stereocenters. The second-order valence-electron chi connectivity index (χ2n) is 2.67. The molecule has 3 nitrogen and oxygen atoms in total. The number of carbonyl (C=O) groups is 1. The van der Waals surface area contributed by atoms with Gasteiger partial charge < -0.3 is 10.6 Å². The van der Waals surface area contributed by atoms with E-state index in [0.717, 1.165) is 19.4 Å². The van der Waals surface area contributed by atoms with E-state index in [2.05, 4.69) is 17.6 Å². The van der Waals surface area contributed by atoms with Crippen molar-refractivity contribution in [3.05, 3.63) is 0 Å². The van der Waals surface area contributed by atoms with Crippen LogP contribution in [0.4, 0.5) is 0 Å². The van der Waals surface area contributed by atoms with Crippen LogP contribution in [-0.4, -0.2) is 24.0 Å². The third-order valence-corrected chi connectivity index (χ3v) is 1.60. The van der Waals surface area contributed by atoms with Gasteiger partial charge in [-0.05, 0) is 25.6 Å². The normalized spacial score (nSPS) is 9.17. The molecule has 0 unspecified atom stereocenters. The summed E-state index contributed by atoms with van der Waals surface area (Å²) in [5, 5.41) is 6.39. The second-order valence-corrected chi connectivity index (χ2v) is 3.07. The molecule has 0 aromatic heterocycles. The van der Waals surface area contributed by atoms with Gasteiger partial charge in [0, 0.05) is 6.54 Å². The molecule has 0 aromatic carbocycles. The number of rotatable bonds is 5. The summed E-state index contributed by atoms with van der Waals surface area (Å²) in [6.07, 6.45) is 2.24. The summed E-state index contributed by atoms with van der Waals surface area (Å²) in [7, 11) is 0. The molecule has 0 heterocycles. The zero-order valence-electron chi connectivity index (χ0n) is 7.64. The number of unbranched alkanes of at least 4 members (excludes halogenated alkanes) is 1. The van der Waals surface area contributed by atoms with Gasteiger partial charge in [0.05, 0.1) is 6.54 Å². The van der Waals surface area contributed by atoms with Crippen molar-refractivity contribution in [2.75, 3.05) is 13.1 Å². The van der Waals surface area contributed by atoms with Gasteiger partial charge in [-0.2, -0.15) is 0 Å². The van der Waals surface area contributed by atoms with Gasteiger partial charge in [-0.1, -0.05) is 13.3 Å². The van der Waals surface area contributed by atoms with Crippen molar-refractivity contribution in [3.63, 3.8) is 0 Å². The Balaban J connectivity index is 3.28. The molecule has 0 saturated carbocycles. The second kappa shape index (κ2) is 7.03. The SMILES string of the molecule is CCCCNC(=S)NCC(C)=O. The molecule has 0 radical (unpaired) electrons. The van der Waals surface area contributed by atoms with Gasteiger partial charge in [0.15, 0.2) is 5.11 Å². The minimum atomic E-state index is 0.0923. The van der Waals surface area contributed by atoms with Gasteiger partial charge in [-0.3, -0.25) is 4.79 Å². The summed E-state index contributed by atoms with van der Waals surface area (Å²) < 4.78 is 0. The van der Waals surface area contributed by atoms with Gasteiger partial charge >= 0.3 is 0 Å². The topological polar surface area (TPSA) is 41.1 Å². The Hall–Kier alpha value is -0.640. The lowest BCUT2D eigenvalue weighted by Crippen LogP contribution is -2.38. The molecule has 0 aromatic rings. The van der Waals surface area contributed by atoms with Crippen LogP contribution in [0.25, 0.3) is 0 Å². The van der Waals surface area contributed by atoms with Crippen LogP contribution in [-0.2, 0) is 4.79 Å². The first-order valence-electron chi connectivity index (χ1n) is 4.18. The number of nitrogens with one attached hydrogen (secondary N) is 2. The molecule has 0 aliphatic carbocycles. The summed E-state index contributed by atoms with van der Waals surface area (Å²) >= 11 is 4.91. The Morgan fingerprint density at radius 3 is 2.58 bits per heavy atom. The fraction of sp³-hybridized carbons (Fsp3) is 0.750. The minimum Gasteiger partial charge on any atom is -0.363 e. The number of ketones is 1. The maximum atomic E-state index is 10.5. The molecule has 0 aliphatic heterocycles. The molecule has 0 bridgehead atoms. The van der Waals surface area contributed by atoms with Crippen LogP contribution in [0.5, 0.6) is 0 Å². The average Bonchev–Trinajstić information content (AvgIpc) is 2.01. The highest BCUT2D eigenvalue weighted by Gasteiger charge is 1.95. The maximum absolute atomic E-state index is 10.5. The third-order valence-electron chi connectivity index (χ3n) is 1.31. The predicted molar refractivity (Wildman–Crippen MR) is 54.2 cm³/mol. The van der Waals surface area contributed by atoms with Crippen molar-refractivity contribution in [2.45, 2.75) is 26.7 Å². The number of carbonyl (C=O) groups excluding carboxylic acids is 1. The third kappa shape index (κ3) is 7.47. The van der Waals surface area contributed by atoms with Crippen molar-refractivity contribution in [3.8, 4) is 0 Å². The monoisotopic (exact) mass is 188 g/mol. The van der Waals surface area contributed by atoms with E-state index in [1.165, 1.54) is 6.92 Å². The zero-order chi connectivity index (χ0) is 9.40. The lowest BCUT2D eigenvalue weighted by atomic mass is 10.3. The van der Waals surface area contributed by atoms with Gasteiger partial charge in [-0.25, -0.2) is 0 Å². The smallest absolute Gasteiger partial charge is 0.166 e. The first kappa shape index (κ1) is 11.4. The molecule has 2 N–H and O–H groups in total. The number of thiocarbonyl (C=S) groups is 1. The van der Waals surface area contributed by atoms with Crippen LogP contribution in [0.3, 0.4) is 0 Å². The fourth-order valence-electron chi connectivity index (χ4n) is 0.646. The zero-order valence-corrected chi connectivity index (χ0v) is 8.46. The molecule has 4 heteroatoms. The van der Waals surface area contributed by atoms with Gasteiger partial charge in [0.1, 0.15) is 5.78 Å². The number of hydrogen-bond donors (Lipinski definition) is 2. The Bertz CT molecular complexity index is 159. The quantitative estimate of drug-likeness (QED) is 0.495. The summed E-state index contributed by atoms with van der Waals surface area (Å²) in [4.78, 5) is 10.5. The van der Waals surface area contributed by atoms with Crippen LogP contribution in [0.15, 0.2) is 0 Å². The molecule has 0 amide bonds. The molecule has 12 heavy (non-hydrogen) atoms. The largest absolute Gasteiger partial charge is 0.363 e. The predicted octanol–water partition coefficient (Wildman–Crippen LogP) is 0.840. The fourth-order valence-corrected chi connectivity index (χ4v) is 0.820. The van der Waals surface area contributed by atoms with E-state index in [1.807, 2.05) is 0 Å². The molecule has 0 saturated heterocycles. The van der Waals surface area contributed by atoms with Crippen molar-refractivity contribution in [1.29, 1.82) is 0 Å². The average molecular weight is 188 g/mol. The number of Topliss-reactive ketones (excluding diaryl/α,β-unsaturated/α-hetero) is 1. The molecule has 0 aliphatic rings. The minimum absolute atomic E-state index is 0.0923. The molecule has 0 fully saturated rings. The van der Waals surface area contributed by atoms with Crippen LogP contribution in [0.2, 0.25) is 0 Å². The summed E-state index contributed by atoms with van der Waals surface area (Å²) in [5.41, 5.74) is 0. The van der Waals surface area contributed by atoms with Crippen LogP contribution in [0.1, 0.15) is 26.7 Å². The Kier molecular flexibility index (Phi) is 6.66. The molecule has 0 rings (SSSR count). The van der Waals surface area contributed by atoms with Gasteiger partial charge in [0.2, 0.25) is 0 Å².